The van der Waals surface area contributed by atoms with Crippen LogP contribution in [-0.4, -0.2) is 64.2 Å². The second-order valence-electron chi connectivity index (χ2n) is 12.9. The highest BCUT2D eigenvalue weighted by atomic mass is 32.2. The summed E-state index contributed by atoms with van der Waals surface area (Å²) in [6, 6.07) is 13.6. The number of Topliss-reactive ketones (excluding diaryl/α,β-unsaturated/α-hetero) is 1. The number of carbonyl (C=O) groups is 2. The molecule has 0 aliphatic rings. The van der Waals surface area contributed by atoms with E-state index in [1.54, 1.807) is 5.32 Å². The minimum Gasteiger partial charge on any atom is -0.415 e. The summed E-state index contributed by atoms with van der Waals surface area (Å²) in [5.74, 6) is -6.09. The highest BCUT2D eigenvalue weighted by Gasteiger charge is 2.38. The molecule has 5 rings (SSSR count). The molecule has 0 fully saturated rings. The predicted molar refractivity (Wildman–Crippen MR) is 199 cm³/mol. The molecule has 1 amide bonds. The molecule has 1 aromatic heterocycles. The number of rotatable bonds is 14. The normalized spacial score (nSPS) is 12.2. The number of nitrogens with one attached hydrogen (secondary N) is 1. The van der Waals surface area contributed by atoms with Crippen LogP contribution in [0.2, 0.25) is 0 Å². The lowest BCUT2D eigenvalue weighted by atomic mass is 10.1. The highest BCUT2D eigenvalue weighted by Crippen LogP contribution is 2.39. The summed E-state index contributed by atoms with van der Waals surface area (Å²) >= 11 is 0. The summed E-state index contributed by atoms with van der Waals surface area (Å²) in [4.78, 5) is 22.8. The minimum absolute atomic E-state index is 0.0674. The van der Waals surface area contributed by atoms with E-state index in [2.05, 4.69) is 10.2 Å². The van der Waals surface area contributed by atoms with E-state index in [0.717, 1.165) is 48.5 Å². The van der Waals surface area contributed by atoms with Crippen LogP contribution in [-0.2, 0) is 50.3 Å². The number of sulfonamides is 2. The van der Waals surface area contributed by atoms with Crippen molar-refractivity contribution in [2.24, 2.45) is 0 Å². The van der Waals surface area contributed by atoms with Crippen LogP contribution in [0.25, 0.3) is 11.5 Å². The van der Waals surface area contributed by atoms with Crippen molar-refractivity contribution < 1.29 is 83.5 Å². The number of para-hydroxylation sites is 2. The Hall–Kier alpha value is -6.18. The van der Waals surface area contributed by atoms with Gasteiger partial charge in [-0.1, -0.05) is 42.5 Å². The molecule has 0 unspecified atom stereocenters. The fourth-order valence-corrected chi connectivity index (χ4v) is 7.16. The Morgan fingerprint density at radius 1 is 0.683 bits per heavy atom. The molecule has 1 heterocycles. The number of halogens is 12. The molecule has 0 saturated heterocycles. The van der Waals surface area contributed by atoms with Gasteiger partial charge in [0.1, 0.15) is 11.6 Å². The van der Waals surface area contributed by atoms with Gasteiger partial charge >= 0.3 is 25.2 Å². The molecular weight excluding hydrogens is 919 g/mol. The van der Waals surface area contributed by atoms with Gasteiger partial charge in [0.2, 0.25) is 25.9 Å². The van der Waals surface area contributed by atoms with Crippen molar-refractivity contribution in [3.05, 3.63) is 130 Å². The van der Waals surface area contributed by atoms with Crippen molar-refractivity contribution in [1.82, 2.24) is 15.5 Å². The van der Waals surface area contributed by atoms with Crippen LogP contribution in [0.4, 0.5) is 64.1 Å². The molecule has 5 aromatic rings. The van der Waals surface area contributed by atoms with Crippen LogP contribution in [0.1, 0.15) is 44.9 Å². The summed E-state index contributed by atoms with van der Waals surface area (Å²) in [5.41, 5.74) is -4.82. The molecule has 0 radical (unpaired) electrons. The zero-order valence-electron chi connectivity index (χ0n) is 31.9. The summed E-state index contributed by atoms with van der Waals surface area (Å²) in [5, 5.41) is 8.14. The Morgan fingerprint density at radius 3 is 1.54 bits per heavy atom. The lowest BCUT2D eigenvalue weighted by molar-refractivity contribution is -0.137. The number of carbonyl (C=O) groups excluding carboxylic acids is 2. The lowest BCUT2D eigenvalue weighted by Gasteiger charge is -2.26. The van der Waals surface area contributed by atoms with Gasteiger partial charge in [0.05, 0.1) is 54.6 Å². The van der Waals surface area contributed by atoms with Gasteiger partial charge in [-0.05, 0) is 42.5 Å². The van der Waals surface area contributed by atoms with Gasteiger partial charge in [-0.3, -0.25) is 18.2 Å². The van der Waals surface area contributed by atoms with Crippen molar-refractivity contribution in [2.75, 3.05) is 27.7 Å². The highest BCUT2D eigenvalue weighted by molar-refractivity contribution is 7.92. The van der Waals surface area contributed by atoms with Gasteiger partial charge in [0.25, 0.3) is 11.8 Å². The first-order chi connectivity index (χ1) is 29.1. The summed E-state index contributed by atoms with van der Waals surface area (Å²) in [6.45, 7) is -2.39. The molecule has 0 saturated carbocycles. The lowest BCUT2D eigenvalue weighted by Crippen LogP contribution is -2.34. The molecule has 12 nitrogen and oxygen atoms in total. The molecule has 0 atom stereocenters. The smallest absolute Gasteiger partial charge is 0.415 e. The zero-order chi connectivity index (χ0) is 47.2. The maximum absolute atomic E-state index is 14.6. The fraction of sp³-hybridized carbons (Fsp3) is 0.243. The fourth-order valence-electron chi connectivity index (χ4n) is 5.38. The average molecular weight is 948 g/mol. The molecule has 0 aliphatic heterocycles. The molecule has 0 aliphatic carbocycles. The summed E-state index contributed by atoms with van der Waals surface area (Å²) in [6.07, 6.45) is -14.7. The average Bonchev–Trinajstić information content (AvgIpc) is 3.69. The number of benzene rings is 4. The van der Waals surface area contributed by atoms with E-state index >= 15 is 0 Å². The minimum atomic E-state index is -4.88. The molecule has 63 heavy (non-hydrogen) atoms. The van der Waals surface area contributed by atoms with E-state index in [4.69, 9.17) is 4.42 Å². The van der Waals surface area contributed by atoms with Crippen LogP contribution in [0.5, 0.6) is 0 Å². The Kier molecular flexibility index (Phi) is 15.3. The Balaban J connectivity index is 0.000000277. The van der Waals surface area contributed by atoms with E-state index in [1.165, 1.54) is 18.2 Å². The SMILES string of the molecule is CS(=O)(=O)N(Cc1ccc(-c2nnc(C(F)F)o2)cc1F)c1ccccc1C(F)(F)F.CS(=O)(=O)N(Cc1ccc(C(=O)CNC(=O)C(F)F)cc1F)c1ccccc1C(F)(F)F. The maximum atomic E-state index is 14.6. The van der Waals surface area contributed by atoms with Gasteiger partial charge in [-0.2, -0.15) is 43.9 Å². The standard InChI is InChI=1S/C19H16F6N2O4S.C18H13F6N3O3S/c1-32(30,31)27(15-5-3-2-4-13(15)19(23,24)25)10-12-7-6-11(8-14(12)20)16(28)9-26-18(29)17(21)22;1-31(28,29)27(14-5-3-2-4-12(14)18(22,23)24)9-11-7-6-10(8-13(11)19)16-25-26-17(30-16)15(20)21/h2-8,17H,9-10H2,1H3,(H,26,29);2-8,15H,9H2,1H3. The molecular formula is C37H29F12N5O7S2. The quantitative estimate of drug-likeness (QED) is 0.0856. The first-order valence-electron chi connectivity index (χ1n) is 17.1. The largest absolute Gasteiger partial charge is 0.418 e. The molecule has 4 aromatic carbocycles. The Morgan fingerprint density at radius 2 is 1.14 bits per heavy atom. The number of ketones is 1. The molecule has 340 valence electrons. The third kappa shape index (κ3) is 12.9. The number of amides is 1. The Bertz CT molecular complexity index is 2680. The third-order valence-electron chi connectivity index (χ3n) is 8.31. The molecule has 0 spiro atoms. The first kappa shape index (κ1) is 49.5. The monoisotopic (exact) mass is 947 g/mol. The summed E-state index contributed by atoms with van der Waals surface area (Å²) < 4.78 is 213. The number of anilines is 2. The summed E-state index contributed by atoms with van der Waals surface area (Å²) in [7, 11) is -8.53. The van der Waals surface area contributed by atoms with Gasteiger partial charge in [-0.15, -0.1) is 10.2 Å². The van der Waals surface area contributed by atoms with E-state index in [1.807, 2.05) is 0 Å². The van der Waals surface area contributed by atoms with Crippen LogP contribution in [0.3, 0.4) is 0 Å². The predicted octanol–water partition coefficient (Wildman–Crippen LogP) is 8.17. The van der Waals surface area contributed by atoms with Gasteiger partial charge in [-0.25, -0.2) is 25.6 Å². The van der Waals surface area contributed by atoms with Gasteiger partial charge in [0, 0.05) is 22.3 Å². The third-order valence-corrected chi connectivity index (χ3v) is 10.6. The van der Waals surface area contributed by atoms with Crippen molar-refractivity contribution in [1.29, 1.82) is 0 Å². The number of alkyl halides is 10. The van der Waals surface area contributed by atoms with E-state index in [9.17, 15) is 79.1 Å². The number of aromatic nitrogens is 2. The molecule has 26 heteroatoms. The van der Waals surface area contributed by atoms with E-state index in [0.29, 0.717) is 39.3 Å². The first-order valence-corrected chi connectivity index (χ1v) is 20.8. The van der Waals surface area contributed by atoms with E-state index < -0.39 is 122 Å². The molecule has 1 N–H and O–H groups in total. The van der Waals surface area contributed by atoms with Crippen LogP contribution >= 0.6 is 0 Å². The molecule has 0 bridgehead atoms. The topological polar surface area (TPSA) is 160 Å². The maximum Gasteiger partial charge on any atom is 0.418 e. The van der Waals surface area contributed by atoms with Crippen LogP contribution in [0.15, 0.2) is 89.3 Å². The zero-order valence-corrected chi connectivity index (χ0v) is 33.5. The van der Waals surface area contributed by atoms with Crippen LogP contribution in [0, 0.1) is 11.6 Å². The van der Waals surface area contributed by atoms with Gasteiger partial charge < -0.3 is 9.73 Å². The van der Waals surface area contributed by atoms with Crippen molar-refractivity contribution in [3.8, 4) is 11.5 Å². The number of hydrogen-bond acceptors (Lipinski definition) is 9. The van der Waals surface area contributed by atoms with Crippen molar-refractivity contribution >= 4 is 43.1 Å². The number of nitrogens with zero attached hydrogens (tertiary/aromatic N) is 4. The van der Waals surface area contributed by atoms with Crippen LogP contribution < -0.4 is 13.9 Å². The van der Waals surface area contributed by atoms with Gasteiger partial charge in [0.15, 0.2) is 5.78 Å². The van der Waals surface area contributed by atoms with E-state index in [-0.39, 0.29) is 22.3 Å². The van der Waals surface area contributed by atoms with Crippen molar-refractivity contribution in [2.45, 2.75) is 38.3 Å². The number of hydrogen-bond donors (Lipinski definition) is 1. The second-order valence-corrected chi connectivity index (χ2v) is 16.7. The second kappa shape index (κ2) is 19.5. The van der Waals surface area contributed by atoms with Crippen molar-refractivity contribution in [3.63, 3.8) is 0 Å². The Labute approximate surface area is 349 Å².